The van der Waals surface area contributed by atoms with Crippen LogP contribution in [0.4, 0.5) is 4.79 Å². The predicted octanol–water partition coefficient (Wildman–Crippen LogP) is -9.13. The molecular formula is C60H103BN8O33S4. The smallest absolute Gasteiger partial charge is 0.421 e. The highest BCUT2D eigenvalue weighted by Crippen LogP contribution is 2.38. The van der Waals surface area contributed by atoms with Gasteiger partial charge in [-0.1, -0.05) is 43.2 Å². The van der Waals surface area contributed by atoms with E-state index in [2.05, 4.69) is 47.4 Å². The van der Waals surface area contributed by atoms with Gasteiger partial charge in [0.25, 0.3) is 8.05 Å². The molecule has 0 saturated carbocycles. The number of rotatable bonds is 62. The molecule has 0 aromatic rings. The number of amides is 7. The lowest BCUT2D eigenvalue weighted by molar-refractivity contribution is -0.143. The van der Waals surface area contributed by atoms with Crippen LogP contribution in [-0.2, 0) is 66.9 Å². The second-order valence-electron chi connectivity index (χ2n) is 24.6. The molecule has 0 fully saturated rings. The van der Waals surface area contributed by atoms with E-state index in [4.69, 9.17) is 23.0 Å². The fourth-order valence-corrected chi connectivity index (χ4v) is 13.8. The minimum absolute atomic E-state index is 0.0202. The van der Waals surface area contributed by atoms with Gasteiger partial charge in [0.05, 0.1) is 55.0 Å². The third-order valence-electron chi connectivity index (χ3n) is 15.8. The zero-order chi connectivity index (χ0) is 81.0. The van der Waals surface area contributed by atoms with Crippen LogP contribution in [0.1, 0.15) is 104 Å². The van der Waals surface area contributed by atoms with Gasteiger partial charge in [0, 0.05) is 126 Å². The van der Waals surface area contributed by atoms with Crippen molar-refractivity contribution in [3.63, 3.8) is 0 Å². The van der Waals surface area contributed by atoms with Crippen molar-refractivity contribution in [2.75, 3.05) is 77.0 Å². The van der Waals surface area contributed by atoms with Gasteiger partial charge in [-0.25, -0.2) is 15.0 Å². The van der Waals surface area contributed by atoms with E-state index in [1.165, 1.54) is 42.5 Å². The van der Waals surface area contributed by atoms with Gasteiger partial charge in [-0.05, 0) is 46.0 Å². The third kappa shape index (κ3) is 41.2. The standard InChI is InChI=1S/C60H103BN8O33S4/c1-60(2,106-105-19-16-102-61)54(58(98)99)68-57(97)31(6-11-45(84)65-25-39(78)50(91)53(94)42(81)28-72)22-36(75)34(8-13-47(87)88)67-56(96)30(5-10-44(83)64-24-38(77)49(90)52(93)41(80)27-71)21-35(74)33(7-12-46(85)86)66-55(95)29(20-32(73)14-17-103-104-18-15-101-59(100)69-62-3)4-9-43(82)63-23-37(76)48(89)51(92)40(79)26-70/h29-31,33-34,37-42,48-54,62,70-72,76-81,89-94H,4-28H2,1-3H3,(H,63,82)(H,64,83)(H,65,84)(H,66,95)(H,67,96)(H,68,97)(H,69,100)(H,85,86)(H,87,88)(H,98,99). The number of nitrogens with one attached hydrogen (secondary N) is 8. The molecule has 0 rings (SSSR count). The number of hydrogen-bond acceptors (Lipinski definition) is 35. The summed E-state index contributed by atoms with van der Waals surface area (Å²) >= 11 is 0. The summed E-state index contributed by atoms with van der Waals surface area (Å²) in [5, 5.41) is 193. The van der Waals surface area contributed by atoms with Gasteiger partial charge >= 0.3 is 24.0 Å². The highest BCUT2D eigenvalue weighted by atomic mass is 33.1. The van der Waals surface area contributed by atoms with Crippen LogP contribution >= 0.6 is 43.2 Å². The SMILES string of the molecule is [B]OCCSSC(C)(C)C(NC(=O)C(CCC(=O)NCC(O)C(O)C(O)C(O)CO)CC(=O)C(CCC(=O)O)NC(=O)C(CCC(=O)NCC(O)C(O)C(O)C(O)CO)CC(=O)C(CCC(=O)O)NC(=O)C(CCC(=O)NCC(O)C(O)C(O)C(O)CO)CC(=O)CCSSCCOC(=O)NNC)C(=O)O. The van der Waals surface area contributed by atoms with Gasteiger partial charge < -0.3 is 133 Å². The van der Waals surface area contributed by atoms with Crippen molar-refractivity contribution in [3.8, 4) is 0 Å². The van der Waals surface area contributed by atoms with Crippen molar-refractivity contribution in [1.82, 2.24) is 42.8 Å². The number of Topliss-reactive ketones (excluding diaryl/α,β-unsaturated/α-hetero) is 3. The molecule has 0 aromatic heterocycles. The van der Waals surface area contributed by atoms with Crippen LogP contribution in [-0.4, -0.2) is 350 Å². The summed E-state index contributed by atoms with van der Waals surface area (Å²) in [6.45, 7) is -2.77. The van der Waals surface area contributed by atoms with Gasteiger partial charge in [-0.15, -0.1) is 0 Å². The Kier molecular flexibility index (Phi) is 51.9. The molecule has 0 aliphatic carbocycles. The number of hydrazine groups is 1. The molecule has 41 nitrogen and oxygen atoms in total. The summed E-state index contributed by atoms with van der Waals surface area (Å²) < 4.78 is 8.10. The van der Waals surface area contributed by atoms with E-state index in [-0.39, 0.29) is 36.9 Å². The van der Waals surface area contributed by atoms with E-state index in [1.54, 1.807) is 0 Å². The van der Waals surface area contributed by atoms with Crippen molar-refractivity contribution in [2.24, 2.45) is 17.8 Å². The van der Waals surface area contributed by atoms with E-state index in [1.807, 2.05) is 0 Å². The van der Waals surface area contributed by atoms with E-state index in [0.717, 1.165) is 21.6 Å². The maximum Gasteiger partial charge on any atom is 0.421 e. The molecule has 608 valence electrons. The van der Waals surface area contributed by atoms with Gasteiger partial charge in [0.15, 0.2) is 11.6 Å². The van der Waals surface area contributed by atoms with Gasteiger partial charge in [0.2, 0.25) is 35.4 Å². The molecule has 0 aliphatic heterocycles. The number of ether oxygens (including phenoxy) is 1. The summed E-state index contributed by atoms with van der Waals surface area (Å²) in [5.74, 6) is -19.0. The fourth-order valence-electron chi connectivity index (χ4n) is 9.45. The molecule has 18 unspecified atom stereocenters. The zero-order valence-electron chi connectivity index (χ0n) is 58.5. The van der Waals surface area contributed by atoms with Crippen molar-refractivity contribution in [3.05, 3.63) is 0 Å². The van der Waals surface area contributed by atoms with Crippen LogP contribution in [0.15, 0.2) is 0 Å². The number of aliphatic hydroxyl groups is 15. The first-order valence-electron chi connectivity index (χ1n) is 33.1. The predicted molar refractivity (Wildman–Crippen MR) is 375 cm³/mol. The number of carbonyl (C=O) groups excluding carboxylic acids is 10. The Balaban J connectivity index is 7.75. The molecule has 0 bridgehead atoms. The lowest BCUT2D eigenvalue weighted by Gasteiger charge is -2.32. The molecule has 26 N–H and O–H groups in total. The number of carboxylic acids is 3. The molecule has 0 saturated heterocycles. The van der Waals surface area contributed by atoms with Crippen LogP contribution in [0.3, 0.4) is 0 Å². The van der Waals surface area contributed by atoms with E-state index < -0.39 is 314 Å². The molecule has 0 aromatic carbocycles. The second kappa shape index (κ2) is 54.8. The Morgan fingerprint density at radius 1 is 0.434 bits per heavy atom. The molecule has 0 heterocycles. The molecular weight excluding hydrogens is 1500 g/mol. The van der Waals surface area contributed by atoms with Gasteiger partial charge in [-0.2, -0.15) is 0 Å². The summed E-state index contributed by atoms with van der Waals surface area (Å²) in [6, 6.07) is -5.68. The number of carboxylic acid groups (broad SMARTS) is 3. The average Bonchev–Trinajstić information content (AvgIpc) is 0.837. The first-order chi connectivity index (χ1) is 49.7. The molecule has 2 radical (unpaired) electrons. The van der Waals surface area contributed by atoms with Crippen LogP contribution in [0.2, 0.25) is 0 Å². The lowest BCUT2D eigenvalue weighted by Crippen LogP contribution is -2.54. The number of aliphatic carboxylic acids is 3. The second-order valence-corrected chi connectivity index (χ2v) is 30.4. The third-order valence-corrected chi connectivity index (χ3v) is 21.4. The van der Waals surface area contributed by atoms with Crippen LogP contribution in [0, 0.1) is 17.8 Å². The molecule has 46 heteroatoms. The average molecular weight is 1600 g/mol. The minimum Gasteiger partial charge on any atom is -0.481 e. The van der Waals surface area contributed by atoms with Gasteiger partial charge in [0.1, 0.15) is 73.4 Å². The normalized spacial score (nSPS) is 16.8. The van der Waals surface area contributed by atoms with Crippen LogP contribution in [0.25, 0.3) is 0 Å². The number of hydrogen-bond donors (Lipinski definition) is 26. The molecule has 18 atom stereocenters. The quantitative estimate of drug-likeness (QED) is 0.0116. The Bertz CT molecular complexity index is 2750. The van der Waals surface area contributed by atoms with Crippen LogP contribution in [0.5, 0.6) is 0 Å². The number of carbonyl (C=O) groups is 13. The van der Waals surface area contributed by atoms with Crippen molar-refractivity contribution in [2.45, 2.75) is 200 Å². The zero-order valence-corrected chi connectivity index (χ0v) is 61.7. The summed E-state index contributed by atoms with van der Waals surface area (Å²) in [4.78, 5) is 175. The Morgan fingerprint density at radius 2 is 0.783 bits per heavy atom. The monoisotopic (exact) mass is 1600 g/mol. The first-order valence-corrected chi connectivity index (χ1v) is 37.9. The van der Waals surface area contributed by atoms with E-state index in [9.17, 15) is 144 Å². The summed E-state index contributed by atoms with van der Waals surface area (Å²) in [7, 11) is 11.0. The summed E-state index contributed by atoms with van der Waals surface area (Å²) in [5.41, 5.74) is 4.58. The van der Waals surface area contributed by atoms with E-state index in [0.29, 0.717) is 0 Å². The first kappa shape index (κ1) is 100. The number of aliphatic hydroxyl groups excluding tert-OH is 15. The lowest BCUT2D eigenvalue weighted by atomic mass is 9.89. The minimum atomic E-state index is -2.19. The number of ketones is 3. The Hall–Kier alpha value is -5.71. The highest BCUT2D eigenvalue weighted by Gasteiger charge is 2.41. The Morgan fingerprint density at radius 3 is 1.13 bits per heavy atom. The molecule has 0 aliphatic rings. The van der Waals surface area contributed by atoms with Crippen molar-refractivity contribution in [1.29, 1.82) is 0 Å². The fraction of sp³-hybridized carbons (Fsp3) is 0.783. The molecule has 106 heavy (non-hydrogen) atoms. The van der Waals surface area contributed by atoms with Crippen LogP contribution < -0.4 is 42.8 Å². The molecule has 7 amide bonds. The molecule has 0 spiro atoms. The maximum absolute atomic E-state index is 14.8. The van der Waals surface area contributed by atoms with Gasteiger partial charge in [-0.3, -0.25) is 58.2 Å². The van der Waals surface area contributed by atoms with E-state index >= 15 is 0 Å². The largest absolute Gasteiger partial charge is 0.481 e. The summed E-state index contributed by atoms with van der Waals surface area (Å²) in [6.07, 6.45) is -35.9. The topological polar surface area (TPSA) is 701 Å². The van der Waals surface area contributed by atoms with Crippen molar-refractivity contribution < 1.29 is 164 Å². The Labute approximate surface area is 626 Å². The van der Waals surface area contributed by atoms with Crippen molar-refractivity contribution >= 4 is 128 Å². The maximum atomic E-state index is 14.8. The highest BCUT2D eigenvalue weighted by molar-refractivity contribution is 8.77.